The third kappa shape index (κ3) is 3.23. The van der Waals surface area contributed by atoms with E-state index in [0.29, 0.717) is 10.2 Å². The molecule has 134 valence electrons. The smallest absolute Gasteiger partial charge is 0.270 e. The number of rotatable bonds is 2. The van der Waals surface area contributed by atoms with Crippen LogP contribution < -0.4 is 0 Å². The lowest BCUT2D eigenvalue weighted by atomic mass is 9.79. The highest BCUT2D eigenvalue weighted by atomic mass is 16.8. The number of hydroxylamine groups is 3. The zero-order valence-corrected chi connectivity index (χ0v) is 16.7. The molecule has 0 atom stereocenters. The van der Waals surface area contributed by atoms with Crippen LogP contribution >= 0.6 is 0 Å². The molecule has 1 aromatic carbocycles. The second-order valence-corrected chi connectivity index (χ2v) is 9.61. The number of hydrogen-bond acceptors (Lipinski definition) is 2. The van der Waals surface area contributed by atoms with Gasteiger partial charge < -0.3 is 0 Å². The van der Waals surface area contributed by atoms with E-state index in [9.17, 15) is 4.79 Å². The first-order chi connectivity index (χ1) is 10.8. The Morgan fingerprint density at radius 1 is 1.00 bits per heavy atom. The lowest BCUT2D eigenvalue weighted by Gasteiger charge is -2.55. The van der Waals surface area contributed by atoms with E-state index in [-0.39, 0.29) is 22.5 Å². The Bertz CT molecular complexity index is 590. The number of likely N-dealkylation sites (tertiary alicyclic amines) is 1. The van der Waals surface area contributed by atoms with Crippen molar-refractivity contribution < 1.29 is 14.3 Å². The molecule has 3 heteroatoms. The Balaban J connectivity index is 2.27. The largest absolute Gasteiger partial charge is 0.397 e. The second kappa shape index (κ2) is 5.87. The molecule has 3 nitrogen and oxygen atoms in total. The molecule has 1 fully saturated rings. The summed E-state index contributed by atoms with van der Waals surface area (Å²) in [4.78, 5) is 18.9. The molecule has 2 rings (SSSR count). The van der Waals surface area contributed by atoms with Crippen LogP contribution in [0.15, 0.2) is 24.3 Å². The first-order valence-electron chi connectivity index (χ1n) is 9.01. The number of benzene rings is 1. The topological polar surface area (TPSA) is 26.3 Å². The second-order valence-electron chi connectivity index (χ2n) is 9.61. The van der Waals surface area contributed by atoms with Gasteiger partial charge in [0.05, 0.1) is 5.56 Å². The summed E-state index contributed by atoms with van der Waals surface area (Å²) < 4.78 is 0.319. The summed E-state index contributed by atoms with van der Waals surface area (Å²) in [7, 11) is 2.06. The van der Waals surface area contributed by atoms with E-state index in [4.69, 9.17) is 4.84 Å². The Hall–Kier alpha value is -1.35. The van der Waals surface area contributed by atoms with Gasteiger partial charge >= 0.3 is 5.97 Å². The van der Waals surface area contributed by atoms with Crippen molar-refractivity contribution in [3.8, 4) is 0 Å². The number of quaternary nitrogens is 1. The Kier molecular flexibility index (Phi) is 4.64. The summed E-state index contributed by atoms with van der Waals surface area (Å²) >= 11 is 0. The Morgan fingerprint density at radius 3 is 1.88 bits per heavy atom. The molecule has 0 bridgehead atoms. The van der Waals surface area contributed by atoms with Crippen LogP contribution in [0.4, 0.5) is 0 Å². The molecular formula is C21H34NO2+. The van der Waals surface area contributed by atoms with Gasteiger partial charge in [-0.2, -0.15) is 0 Å². The van der Waals surface area contributed by atoms with Crippen molar-refractivity contribution in [3.63, 3.8) is 0 Å². The van der Waals surface area contributed by atoms with Gasteiger partial charge in [0, 0.05) is 12.8 Å². The quantitative estimate of drug-likeness (QED) is 0.692. The molecule has 1 saturated heterocycles. The van der Waals surface area contributed by atoms with E-state index in [1.807, 2.05) is 24.3 Å². The first kappa shape index (κ1) is 19.0. The summed E-state index contributed by atoms with van der Waals surface area (Å²) in [6.45, 7) is 15.3. The van der Waals surface area contributed by atoms with Crippen LogP contribution in [0.25, 0.3) is 0 Å². The standard InChI is InChI=1S/C21H34NO2/c1-19(2,3)17-12-10-16(11-13-17)18(23)24-22(8)20(4,5)14-9-15-21(22,6)7/h10-13H,9,14-15H2,1-8H3/q+1. The van der Waals surface area contributed by atoms with Gasteiger partial charge in [-0.15, -0.1) is 4.65 Å². The lowest BCUT2D eigenvalue weighted by molar-refractivity contribution is -1.15. The minimum Gasteiger partial charge on any atom is -0.270 e. The fourth-order valence-electron chi connectivity index (χ4n) is 3.77. The molecule has 0 spiro atoms. The van der Waals surface area contributed by atoms with Gasteiger partial charge in [-0.25, -0.2) is 4.79 Å². The SMILES string of the molecule is CC(C)(C)c1ccc(C(=O)O[N+]2(C)C(C)(C)CCCC2(C)C)cc1. The van der Waals surface area contributed by atoms with Crippen molar-refractivity contribution in [2.24, 2.45) is 0 Å². The zero-order chi connectivity index (χ0) is 18.4. The summed E-state index contributed by atoms with van der Waals surface area (Å²) in [6.07, 6.45) is 3.29. The maximum Gasteiger partial charge on any atom is 0.397 e. The predicted molar refractivity (Wildman–Crippen MR) is 98.8 cm³/mol. The van der Waals surface area contributed by atoms with Gasteiger partial charge in [0.1, 0.15) is 18.1 Å². The minimum absolute atomic E-state index is 0.0812. The number of hydrogen-bond donors (Lipinski definition) is 0. The van der Waals surface area contributed by atoms with E-state index in [2.05, 4.69) is 55.5 Å². The van der Waals surface area contributed by atoms with Gasteiger partial charge in [-0.1, -0.05) is 32.9 Å². The molecule has 0 saturated carbocycles. The maximum absolute atomic E-state index is 12.8. The number of nitrogens with zero attached hydrogens (tertiary/aromatic N) is 1. The molecule has 0 radical (unpaired) electrons. The third-order valence-corrected chi connectivity index (χ3v) is 6.14. The van der Waals surface area contributed by atoms with Crippen LogP contribution in [0.2, 0.25) is 0 Å². The average molecular weight is 333 g/mol. The Morgan fingerprint density at radius 2 is 1.46 bits per heavy atom. The van der Waals surface area contributed by atoms with Crippen LogP contribution in [-0.4, -0.2) is 28.7 Å². The summed E-state index contributed by atoms with van der Waals surface area (Å²) in [5.74, 6) is -0.235. The molecule has 1 aliphatic rings. The number of carbonyl (C=O) groups is 1. The fraction of sp³-hybridized carbons (Fsp3) is 0.667. The summed E-state index contributed by atoms with van der Waals surface area (Å²) in [5, 5.41) is 0. The molecular weight excluding hydrogens is 298 g/mol. The molecule has 0 amide bonds. The summed E-state index contributed by atoms with van der Waals surface area (Å²) in [5.41, 5.74) is 1.74. The van der Waals surface area contributed by atoms with Crippen molar-refractivity contribution >= 4 is 5.97 Å². The molecule has 0 unspecified atom stereocenters. The number of piperidine rings is 1. The van der Waals surface area contributed by atoms with Crippen LogP contribution in [0.1, 0.15) is 83.7 Å². The summed E-state index contributed by atoms with van der Waals surface area (Å²) in [6, 6.07) is 7.84. The van der Waals surface area contributed by atoms with Gasteiger partial charge in [0.15, 0.2) is 0 Å². The van der Waals surface area contributed by atoms with Crippen molar-refractivity contribution in [3.05, 3.63) is 35.4 Å². The maximum atomic E-state index is 12.8. The molecule has 0 aromatic heterocycles. The van der Waals surface area contributed by atoms with Crippen LogP contribution in [0, 0.1) is 0 Å². The Labute approximate surface area is 147 Å². The minimum atomic E-state index is -0.235. The van der Waals surface area contributed by atoms with Gasteiger partial charge in [0.25, 0.3) is 0 Å². The van der Waals surface area contributed by atoms with Crippen LogP contribution in [0.5, 0.6) is 0 Å². The highest BCUT2D eigenvalue weighted by Crippen LogP contribution is 2.44. The molecule has 1 heterocycles. The van der Waals surface area contributed by atoms with Gasteiger partial charge in [-0.3, -0.25) is 4.84 Å². The normalized spacial score (nSPS) is 22.0. The zero-order valence-electron chi connectivity index (χ0n) is 16.7. The van der Waals surface area contributed by atoms with Crippen LogP contribution in [-0.2, 0) is 10.3 Å². The molecule has 1 aliphatic heterocycles. The molecule has 24 heavy (non-hydrogen) atoms. The number of carbonyl (C=O) groups excluding carboxylic acids is 1. The molecule has 0 N–H and O–H groups in total. The van der Waals surface area contributed by atoms with Crippen molar-refractivity contribution in [1.82, 2.24) is 0 Å². The van der Waals surface area contributed by atoms with Crippen molar-refractivity contribution in [1.29, 1.82) is 0 Å². The highest BCUT2D eigenvalue weighted by Gasteiger charge is 2.57. The van der Waals surface area contributed by atoms with Crippen molar-refractivity contribution in [2.75, 3.05) is 7.05 Å². The fourth-order valence-corrected chi connectivity index (χ4v) is 3.77. The van der Waals surface area contributed by atoms with E-state index in [1.165, 1.54) is 12.0 Å². The molecule has 0 aliphatic carbocycles. The predicted octanol–water partition coefficient (Wildman–Crippen LogP) is 5.24. The van der Waals surface area contributed by atoms with Gasteiger partial charge in [0.2, 0.25) is 0 Å². The van der Waals surface area contributed by atoms with Crippen LogP contribution in [0.3, 0.4) is 0 Å². The highest BCUT2D eigenvalue weighted by molar-refractivity contribution is 5.89. The van der Waals surface area contributed by atoms with E-state index in [0.717, 1.165) is 12.8 Å². The molecule has 1 aromatic rings. The average Bonchev–Trinajstić information content (AvgIpc) is 2.44. The first-order valence-corrected chi connectivity index (χ1v) is 9.01. The lowest BCUT2D eigenvalue weighted by Crippen LogP contribution is -2.71. The van der Waals surface area contributed by atoms with Crippen molar-refractivity contribution in [2.45, 2.75) is 84.2 Å². The van der Waals surface area contributed by atoms with E-state index < -0.39 is 0 Å². The monoisotopic (exact) mass is 332 g/mol. The third-order valence-electron chi connectivity index (χ3n) is 6.14. The van der Waals surface area contributed by atoms with Gasteiger partial charge in [-0.05, 0) is 57.2 Å². The van der Waals surface area contributed by atoms with E-state index in [1.54, 1.807) is 0 Å². The van der Waals surface area contributed by atoms with E-state index >= 15 is 0 Å².